The minimum absolute atomic E-state index is 0.00663. The van der Waals surface area contributed by atoms with Crippen LogP contribution in [0.15, 0.2) is 58.1 Å². The number of morpholine rings is 1. The Labute approximate surface area is 196 Å². The molecule has 0 spiro atoms. The summed E-state index contributed by atoms with van der Waals surface area (Å²) in [5, 5.41) is 3.23. The summed E-state index contributed by atoms with van der Waals surface area (Å²) in [6, 6.07) is 14.0. The van der Waals surface area contributed by atoms with E-state index in [0.717, 1.165) is 5.56 Å². The molecule has 2 amide bonds. The molecule has 0 radical (unpaired) electrons. The van der Waals surface area contributed by atoms with Gasteiger partial charge in [-0.05, 0) is 43.7 Å². The Bertz CT molecular complexity index is 1300. The van der Waals surface area contributed by atoms with E-state index < -0.39 is 11.2 Å². The van der Waals surface area contributed by atoms with Crippen LogP contribution in [0.5, 0.6) is 0 Å². The van der Waals surface area contributed by atoms with Crippen LogP contribution < -0.4 is 16.6 Å². The molecule has 2 atom stereocenters. The van der Waals surface area contributed by atoms with E-state index in [4.69, 9.17) is 4.74 Å². The van der Waals surface area contributed by atoms with Crippen LogP contribution >= 0.6 is 0 Å². The molecule has 1 fully saturated rings. The van der Waals surface area contributed by atoms with Crippen LogP contribution in [0.1, 0.15) is 36.2 Å². The summed E-state index contributed by atoms with van der Waals surface area (Å²) in [5.74, 6) is -0.255. The molecular formula is C25H28N4O5. The number of nitrogens with one attached hydrogen (secondary N) is 2. The third-order valence-electron chi connectivity index (χ3n) is 5.86. The maximum atomic E-state index is 12.8. The Hall–Kier alpha value is -3.72. The number of H-pyrrole nitrogens is 1. The van der Waals surface area contributed by atoms with E-state index in [0.29, 0.717) is 36.1 Å². The summed E-state index contributed by atoms with van der Waals surface area (Å²) in [7, 11) is 0. The van der Waals surface area contributed by atoms with E-state index in [1.807, 2.05) is 26.0 Å². The lowest BCUT2D eigenvalue weighted by molar-refractivity contribution is -0.121. The van der Waals surface area contributed by atoms with Crippen LogP contribution in [0, 0.1) is 0 Å². The van der Waals surface area contributed by atoms with Crippen molar-refractivity contribution in [2.75, 3.05) is 13.1 Å². The first kappa shape index (κ1) is 23.4. The second kappa shape index (κ2) is 10.0. The van der Waals surface area contributed by atoms with Gasteiger partial charge in [-0.2, -0.15) is 0 Å². The molecule has 1 saturated heterocycles. The predicted octanol–water partition coefficient (Wildman–Crippen LogP) is 1.65. The molecule has 0 aliphatic carbocycles. The fourth-order valence-corrected chi connectivity index (χ4v) is 4.26. The molecule has 2 aromatic carbocycles. The number of ether oxygens (including phenoxy) is 1. The first-order chi connectivity index (χ1) is 16.3. The molecule has 0 saturated carbocycles. The van der Waals surface area contributed by atoms with Crippen LogP contribution in [-0.4, -0.2) is 51.6 Å². The zero-order valence-electron chi connectivity index (χ0n) is 19.2. The first-order valence-electron chi connectivity index (χ1n) is 11.3. The highest BCUT2D eigenvalue weighted by atomic mass is 16.5. The molecule has 4 rings (SSSR count). The number of carbonyl (C=O) groups is 2. The second-order valence-corrected chi connectivity index (χ2v) is 8.62. The number of fused-ring (bicyclic) bond motifs is 1. The van der Waals surface area contributed by atoms with E-state index in [9.17, 15) is 19.2 Å². The van der Waals surface area contributed by atoms with Gasteiger partial charge in [0.25, 0.3) is 11.5 Å². The van der Waals surface area contributed by atoms with Crippen molar-refractivity contribution in [3.63, 3.8) is 0 Å². The van der Waals surface area contributed by atoms with Gasteiger partial charge in [-0.25, -0.2) is 4.79 Å². The van der Waals surface area contributed by atoms with Crippen LogP contribution in [0.4, 0.5) is 0 Å². The van der Waals surface area contributed by atoms with Crippen LogP contribution in [-0.2, 0) is 22.6 Å². The van der Waals surface area contributed by atoms with Gasteiger partial charge in [0, 0.05) is 38.2 Å². The molecular weight excluding hydrogens is 436 g/mol. The zero-order chi connectivity index (χ0) is 24.2. The van der Waals surface area contributed by atoms with Crippen molar-refractivity contribution < 1.29 is 14.3 Å². The largest absolute Gasteiger partial charge is 0.372 e. The Balaban J connectivity index is 1.33. The number of hydrogen-bond acceptors (Lipinski definition) is 5. The number of amides is 2. The molecule has 2 unspecified atom stereocenters. The standard InChI is InChI=1S/C25H28N4O5/c1-16-14-28(15-17(2)34-16)24(32)19-9-7-18(8-10-19)13-26-22(30)11-12-29-21-6-4-3-5-20(21)23(31)27-25(29)33/h3-10,16-17H,11-15H2,1-2H3,(H,26,30)(H,27,31,33). The van der Waals surface area contributed by atoms with E-state index in [-0.39, 0.29) is 37.0 Å². The van der Waals surface area contributed by atoms with Crippen molar-refractivity contribution >= 4 is 22.7 Å². The number of hydrogen-bond donors (Lipinski definition) is 2. The Morgan fingerprint density at radius 2 is 1.71 bits per heavy atom. The van der Waals surface area contributed by atoms with Gasteiger partial charge in [-0.15, -0.1) is 0 Å². The summed E-state index contributed by atoms with van der Waals surface area (Å²) >= 11 is 0. The number of nitrogens with zero attached hydrogens (tertiary/aromatic N) is 2. The van der Waals surface area contributed by atoms with Crippen LogP contribution in [0.3, 0.4) is 0 Å². The molecule has 2 heterocycles. The molecule has 2 N–H and O–H groups in total. The predicted molar refractivity (Wildman–Crippen MR) is 128 cm³/mol. The summed E-state index contributed by atoms with van der Waals surface area (Å²) in [6.45, 7) is 5.49. The van der Waals surface area contributed by atoms with Crippen molar-refractivity contribution in [2.24, 2.45) is 0 Å². The molecule has 9 nitrogen and oxygen atoms in total. The van der Waals surface area contributed by atoms with Crippen molar-refractivity contribution in [3.8, 4) is 0 Å². The summed E-state index contributed by atoms with van der Waals surface area (Å²) in [4.78, 5) is 53.4. The van der Waals surface area contributed by atoms with Crippen molar-refractivity contribution in [2.45, 2.75) is 45.6 Å². The molecule has 0 bridgehead atoms. The number of aromatic amines is 1. The maximum absolute atomic E-state index is 12.8. The van der Waals surface area contributed by atoms with E-state index >= 15 is 0 Å². The highest BCUT2D eigenvalue weighted by Gasteiger charge is 2.26. The average molecular weight is 465 g/mol. The molecule has 178 valence electrons. The summed E-state index contributed by atoms with van der Waals surface area (Å²) in [5.41, 5.74) is 0.969. The number of benzene rings is 2. The third-order valence-corrected chi connectivity index (χ3v) is 5.86. The van der Waals surface area contributed by atoms with Gasteiger partial charge in [0.15, 0.2) is 0 Å². The Morgan fingerprint density at radius 3 is 2.41 bits per heavy atom. The number of para-hydroxylation sites is 1. The Kier molecular flexibility index (Phi) is 6.93. The highest BCUT2D eigenvalue weighted by Crippen LogP contribution is 2.15. The monoisotopic (exact) mass is 464 g/mol. The molecule has 1 aliphatic rings. The lowest BCUT2D eigenvalue weighted by Gasteiger charge is -2.35. The number of aryl methyl sites for hydroxylation is 1. The third kappa shape index (κ3) is 5.26. The van der Waals surface area contributed by atoms with Crippen molar-refractivity contribution in [3.05, 3.63) is 80.5 Å². The summed E-state index contributed by atoms with van der Waals surface area (Å²) < 4.78 is 7.08. The van der Waals surface area contributed by atoms with Gasteiger partial charge >= 0.3 is 5.69 Å². The zero-order valence-corrected chi connectivity index (χ0v) is 19.2. The lowest BCUT2D eigenvalue weighted by Crippen LogP contribution is -2.48. The van der Waals surface area contributed by atoms with E-state index in [2.05, 4.69) is 10.3 Å². The minimum Gasteiger partial charge on any atom is -0.372 e. The molecule has 1 aliphatic heterocycles. The van der Waals surface area contributed by atoms with Crippen LogP contribution in [0.25, 0.3) is 10.9 Å². The van der Waals surface area contributed by atoms with Gasteiger partial charge in [0.05, 0.1) is 23.1 Å². The molecule has 34 heavy (non-hydrogen) atoms. The van der Waals surface area contributed by atoms with Crippen molar-refractivity contribution in [1.29, 1.82) is 0 Å². The normalized spacial score (nSPS) is 18.1. The second-order valence-electron chi connectivity index (χ2n) is 8.62. The Morgan fingerprint density at radius 1 is 1.03 bits per heavy atom. The van der Waals surface area contributed by atoms with Gasteiger partial charge in [0.2, 0.25) is 5.91 Å². The fourth-order valence-electron chi connectivity index (χ4n) is 4.26. The van der Waals surface area contributed by atoms with E-state index in [1.54, 1.807) is 41.3 Å². The SMILES string of the molecule is CC1CN(C(=O)c2ccc(CNC(=O)CCn3c(=O)[nH]c(=O)c4ccccc43)cc2)CC(C)O1. The number of aromatic nitrogens is 2. The van der Waals surface area contributed by atoms with E-state index in [1.165, 1.54) is 4.57 Å². The number of carbonyl (C=O) groups excluding carboxylic acids is 2. The van der Waals surface area contributed by atoms with Gasteiger partial charge in [-0.1, -0.05) is 24.3 Å². The van der Waals surface area contributed by atoms with Crippen LogP contribution in [0.2, 0.25) is 0 Å². The lowest BCUT2D eigenvalue weighted by atomic mass is 10.1. The molecule has 1 aromatic heterocycles. The van der Waals surface area contributed by atoms with Crippen molar-refractivity contribution in [1.82, 2.24) is 19.8 Å². The smallest absolute Gasteiger partial charge is 0.328 e. The fraction of sp³-hybridized carbons (Fsp3) is 0.360. The average Bonchev–Trinajstić information content (AvgIpc) is 2.82. The first-order valence-corrected chi connectivity index (χ1v) is 11.3. The minimum atomic E-state index is -0.541. The molecule has 3 aromatic rings. The van der Waals surface area contributed by atoms with Gasteiger partial charge < -0.3 is 15.0 Å². The topological polar surface area (TPSA) is 113 Å². The number of rotatable bonds is 6. The van der Waals surface area contributed by atoms with Gasteiger partial charge in [0.1, 0.15) is 0 Å². The maximum Gasteiger partial charge on any atom is 0.328 e. The summed E-state index contributed by atoms with van der Waals surface area (Å²) in [6.07, 6.45) is 0.0965. The molecule has 9 heteroatoms. The van der Waals surface area contributed by atoms with Gasteiger partial charge in [-0.3, -0.25) is 23.9 Å². The quantitative estimate of drug-likeness (QED) is 0.576. The highest BCUT2D eigenvalue weighted by molar-refractivity contribution is 5.94.